The summed E-state index contributed by atoms with van der Waals surface area (Å²) >= 11 is 0. The smallest absolute Gasteiger partial charge is 0.368 e. The van der Waals surface area contributed by atoms with Gasteiger partial charge in [0.15, 0.2) is 0 Å². The summed E-state index contributed by atoms with van der Waals surface area (Å²) in [7, 11) is 1.68. The van der Waals surface area contributed by atoms with Gasteiger partial charge in [0.05, 0.1) is 29.0 Å². The van der Waals surface area contributed by atoms with Gasteiger partial charge >= 0.3 is 6.18 Å². The summed E-state index contributed by atoms with van der Waals surface area (Å²) in [6, 6.07) is 5.89. The number of halogens is 3. The predicted octanol–water partition coefficient (Wildman–Crippen LogP) is 4.79. The summed E-state index contributed by atoms with van der Waals surface area (Å²) in [6.07, 6.45) is 2.53. The molecule has 1 aliphatic heterocycles. The first kappa shape index (κ1) is 28.0. The maximum Gasteiger partial charge on any atom is 0.416 e. The van der Waals surface area contributed by atoms with Crippen molar-refractivity contribution in [3.8, 4) is 11.3 Å². The normalized spacial score (nSPS) is 20.3. The lowest BCUT2D eigenvalue weighted by atomic mass is 9.76. The number of amides is 2. The topological polar surface area (TPSA) is 101 Å². The molecule has 3 unspecified atom stereocenters. The van der Waals surface area contributed by atoms with Crippen LogP contribution in [0.2, 0.25) is 0 Å². The van der Waals surface area contributed by atoms with Crippen LogP contribution < -0.4 is 11.1 Å². The molecular formula is C28H36F3N5O2. The lowest BCUT2D eigenvalue weighted by Crippen LogP contribution is -2.46. The van der Waals surface area contributed by atoms with Crippen LogP contribution in [0.25, 0.3) is 11.3 Å². The Labute approximate surface area is 221 Å². The van der Waals surface area contributed by atoms with Crippen molar-refractivity contribution in [3.63, 3.8) is 0 Å². The molecule has 0 spiro atoms. The number of benzene rings is 1. The molecule has 1 aromatic heterocycles. The first-order chi connectivity index (χ1) is 18.1. The zero-order chi connectivity index (χ0) is 27.4. The van der Waals surface area contributed by atoms with E-state index < -0.39 is 23.7 Å². The average Bonchev–Trinajstić information content (AvgIpc) is 3.39. The Balaban J connectivity index is 1.64. The van der Waals surface area contributed by atoms with Gasteiger partial charge in [-0.1, -0.05) is 31.4 Å². The number of alkyl halides is 3. The number of nitrogens with two attached hydrogens (primary N) is 1. The highest BCUT2D eigenvalue weighted by molar-refractivity contribution is 5.83. The highest BCUT2D eigenvalue weighted by atomic mass is 19.4. The molecule has 10 heteroatoms. The minimum Gasteiger partial charge on any atom is -0.368 e. The number of hydrogen-bond acceptors (Lipinski definition) is 5. The number of hydrogen-bond donors (Lipinski definition) is 2. The Morgan fingerprint density at radius 3 is 2.50 bits per heavy atom. The molecule has 0 bridgehead atoms. The molecule has 206 valence electrons. The maximum absolute atomic E-state index is 14.1. The summed E-state index contributed by atoms with van der Waals surface area (Å²) in [6.45, 7) is 2.27. The Kier molecular flexibility index (Phi) is 8.70. The molecule has 2 fully saturated rings. The number of likely N-dealkylation sites (N-methyl/N-ethyl adjacent to an activating group) is 1. The van der Waals surface area contributed by atoms with Gasteiger partial charge < -0.3 is 16.0 Å². The predicted molar refractivity (Wildman–Crippen MR) is 138 cm³/mol. The van der Waals surface area contributed by atoms with E-state index in [0.29, 0.717) is 42.2 Å². The largest absolute Gasteiger partial charge is 0.416 e. The Hall–Kier alpha value is -3.01. The van der Waals surface area contributed by atoms with Crippen LogP contribution >= 0.6 is 0 Å². The molecule has 7 nitrogen and oxygen atoms in total. The van der Waals surface area contributed by atoms with Crippen LogP contribution in [-0.4, -0.2) is 46.3 Å². The van der Waals surface area contributed by atoms with Gasteiger partial charge in [0.25, 0.3) is 0 Å². The number of likely N-dealkylation sites (tertiary alicyclic amines) is 1. The van der Waals surface area contributed by atoms with Gasteiger partial charge in [0.2, 0.25) is 11.8 Å². The summed E-state index contributed by atoms with van der Waals surface area (Å²) in [5.74, 6) is -0.205. The molecule has 1 saturated carbocycles. The molecule has 1 aliphatic carbocycles. The third-order valence-electron chi connectivity index (χ3n) is 7.94. The van der Waals surface area contributed by atoms with Crippen molar-refractivity contribution in [3.05, 3.63) is 47.4 Å². The molecule has 2 heterocycles. The average molecular weight is 532 g/mol. The van der Waals surface area contributed by atoms with Crippen molar-refractivity contribution in [2.24, 2.45) is 17.6 Å². The van der Waals surface area contributed by atoms with Crippen LogP contribution in [0.3, 0.4) is 0 Å². The molecule has 0 radical (unpaired) electrons. The first-order valence-corrected chi connectivity index (χ1v) is 13.4. The lowest BCUT2D eigenvalue weighted by Gasteiger charge is -2.35. The van der Waals surface area contributed by atoms with E-state index in [9.17, 15) is 22.8 Å². The Morgan fingerprint density at radius 1 is 1.11 bits per heavy atom. The molecule has 3 atom stereocenters. The number of nitrogens with one attached hydrogen (secondary N) is 1. The number of rotatable bonds is 8. The van der Waals surface area contributed by atoms with Crippen LogP contribution in [0.4, 0.5) is 13.2 Å². The van der Waals surface area contributed by atoms with Gasteiger partial charge in [-0.15, -0.1) is 0 Å². The van der Waals surface area contributed by atoms with Gasteiger partial charge in [-0.25, -0.2) is 9.97 Å². The van der Waals surface area contributed by atoms with Crippen LogP contribution in [-0.2, 0) is 15.8 Å². The van der Waals surface area contributed by atoms with Gasteiger partial charge in [0, 0.05) is 18.0 Å². The molecule has 1 saturated heterocycles. The number of carbonyl (C=O) groups is 2. The van der Waals surface area contributed by atoms with E-state index in [1.807, 2.05) is 4.90 Å². The summed E-state index contributed by atoms with van der Waals surface area (Å²) < 4.78 is 39.9. The van der Waals surface area contributed by atoms with Crippen molar-refractivity contribution in [1.82, 2.24) is 20.2 Å². The fourth-order valence-corrected chi connectivity index (χ4v) is 5.98. The van der Waals surface area contributed by atoms with Crippen LogP contribution in [0.5, 0.6) is 0 Å². The maximum atomic E-state index is 14.1. The van der Waals surface area contributed by atoms with Crippen molar-refractivity contribution in [1.29, 1.82) is 0 Å². The molecule has 4 rings (SSSR count). The van der Waals surface area contributed by atoms with E-state index in [2.05, 4.69) is 15.3 Å². The zero-order valence-electron chi connectivity index (χ0n) is 21.9. The number of nitrogens with zero attached hydrogens (tertiary/aromatic N) is 3. The Morgan fingerprint density at radius 2 is 1.84 bits per heavy atom. The van der Waals surface area contributed by atoms with Crippen LogP contribution in [0.15, 0.2) is 30.3 Å². The van der Waals surface area contributed by atoms with E-state index >= 15 is 0 Å². The Bertz CT molecular complexity index is 1150. The summed E-state index contributed by atoms with van der Waals surface area (Å²) in [5, 5.41) is 2.96. The van der Waals surface area contributed by atoms with Crippen LogP contribution in [0.1, 0.15) is 74.5 Å². The van der Waals surface area contributed by atoms with E-state index in [4.69, 9.17) is 5.73 Å². The molecule has 3 N–H and O–H groups in total. The third-order valence-corrected chi connectivity index (χ3v) is 7.94. The van der Waals surface area contributed by atoms with Gasteiger partial charge in [-0.3, -0.25) is 9.59 Å². The van der Waals surface area contributed by atoms with Gasteiger partial charge in [0.1, 0.15) is 5.82 Å². The highest BCUT2D eigenvalue weighted by Crippen LogP contribution is 2.39. The van der Waals surface area contributed by atoms with E-state index in [-0.39, 0.29) is 23.8 Å². The minimum atomic E-state index is -4.46. The molecular weight excluding hydrogens is 495 g/mol. The second-order valence-corrected chi connectivity index (χ2v) is 10.5. The number of primary amides is 1. The minimum absolute atomic E-state index is 0.00205. The zero-order valence-corrected chi connectivity index (χ0v) is 21.9. The lowest BCUT2D eigenvalue weighted by molar-refractivity contribution is -0.140. The molecule has 38 heavy (non-hydrogen) atoms. The fraction of sp³-hybridized carbons (Fsp3) is 0.571. The number of aromatic nitrogens is 2. The second kappa shape index (κ2) is 11.8. The summed E-state index contributed by atoms with van der Waals surface area (Å²) in [4.78, 5) is 37.0. The SMILES string of the molecule is CNC(CC(C(=O)N1CCCC1c1cc(-c2cccc(C(F)(F)F)c2)nc(C)n1)C1CCCCC1)C(N)=O. The van der Waals surface area contributed by atoms with Gasteiger partial charge in [-0.05, 0) is 70.2 Å². The fourth-order valence-electron chi connectivity index (χ4n) is 5.98. The van der Waals surface area contributed by atoms with E-state index in [1.165, 1.54) is 6.07 Å². The first-order valence-electron chi connectivity index (χ1n) is 13.4. The number of aryl methyl sites for hydroxylation is 1. The highest BCUT2D eigenvalue weighted by Gasteiger charge is 2.40. The van der Waals surface area contributed by atoms with Crippen molar-refractivity contribution in [2.75, 3.05) is 13.6 Å². The number of carbonyl (C=O) groups excluding carboxylic acids is 2. The third kappa shape index (κ3) is 6.34. The monoisotopic (exact) mass is 531 g/mol. The molecule has 2 amide bonds. The summed E-state index contributed by atoms with van der Waals surface area (Å²) in [5.41, 5.74) is 6.23. The quantitative estimate of drug-likeness (QED) is 0.510. The molecule has 2 aromatic rings. The van der Waals surface area contributed by atoms with Crippen molar-refractivity contribution >= 4 is 11.8 Å². The molecule has 2 aliphatic rings. The van der Waals surface area contributed by atoms with Gasteiger partial charge in [-0.2, -0.15) is 13.2 Å². The molecule has 1 aromatic carbocycles. The van der Waals surface area contributed by atoms with Crippen molar-refractivity contribution in [2.45, 2.75) is 76.6 Å². The van der Waals surface area contributed by atoms with E-state index in [0.717, 1.165) is 50.7 Å². The van der Waals surface area contributed by atoms with Crippen molar-refractivity contribution < 1.29 is 22.8 Å². The van der Waals surface area contributed by atoms with E-state index in [1.54, 1.807) is 26.1 Å². The van der Waals surface area contributed by atoms with Crippen LogP contribution in [0, 0.1) is 18.8 Å². The standard InChI is InChI=1S/C28H36F3N5O2/c1-17-34-22(19-10-6-11-20(14-19)28(29,30)31)16-23(35-17)25-12-7-13-36(25)27(38)21(15-24(33-2)26(32)37)18-8-4-3-5-9-18/h6,10-11,14,16,18,21,24-25,33H,3-5,7-9,12-13,15H2,1-2H3,(H2,32,37). The second-order valence-electron chi connectivity index (χ2n) is 10.5.